The van der Waals surface area contributed by atoms with Crippen molar-refractivity contribution < 1.29 is 4.79 Å². The number of nitrogens with one attached hydrogen (secondary N) is 2. The Labute approximate surface area is 197 Å². The highest BCUT2D eigenvalue weighted by molar-refractivity contribution is 7.12. The second-order valence-electron chi connectivity index (χ2n) is 8.44. The zero-order valence-corrected chi connectivity index (χ0v) is 19.7. The van der Waals surface area contributed by atoms with E-state index in [0.29, 0.717) is 0 Å². The number of carbonyl (C=O) groups is 1. The topological polar surface area (TPSA) is 64.3 Å². The molecule has 0 atom stereocenters. The van der Waals surface area contributed by atoms with Crippen molar-refractivity contribution in [2.75, 3.05) is 43.4 Å². The number of thiophene rings is 1. The van der Waals surface area contributed by atoms with E-state index in [1.807, 2.05) is 48.7 Å². The molecule has 0 radical (unpaired) electrons. The molecule has 1 aliphatic rings. The van der Waals surface area contributed by atoms with E-state index in [1.165, 1.54) is 11.3 Å². The Morgan fingerprint density at radius 1 is 1.09 bits per heavy atom. The molecule has 5 rings (SSSR count). The molecule has 0 saturated carbocycles. The molecule has 2 N–H and O–H groups in total. The van der Waals surface area contributed by atoms with Gasteiger partial charge in [-0.3, -0.25) is 9.89 Å². The number of amides is 1. The minimum Gasteiger partial charge on any atom is -0.369 e. The number of fused-ring (bicyclic) bond motifs is 1. The first-order valence-corrected chi connectivity index (χ1v) is 12.0. The van der Waals surface area contributed by atoms with Gasteiger partial charge in [-0.1, -0.05) is 30.3 Å². The van der Waals surface area contributed by atoms with E-state index in [0.717, 1.165) is 70.2 Å². The highest BCUT2D eigenvalue weighted by Crippen LogP contribution is 2.28. The van der Waals surface area contributed by atoms with Crippen molar-refractivity contribution in [1.82, 2.24) is 15.1 Å². The number of para-hydroxylation sites is 1. The molecule has 0 spiro atoms. The predicted octanol–water partition coefficient (Wildman–Crippen LogP) is 5.11. The number of anilines is 2. The van der Waals surface area contributed by atoms with Crippen LogP contribution in [0.5, 0.6) is 0 Å². The average molecular weight is 458 g/mol. The number of hydrogen-bond acceptors (Lipinski definition) is 5. The van der Waals surface area contributed by atoms with Gasteiger partial charge in [-0.25, -0.2) is 0 Å². The molecule has 0 aliphatic carbocycles. The van der Waals surface area contributed by atoms with Crippen molar-refractivity contribution in [3.63, 3.8) is 0 Å². The molecule has 168 valence electrons. The highest BCUT2D eigenvalue weighted by Gasteiger charge is 2.17. The van der Waals surface area contributed by atoms with Gasteiger partial charge in [0.05, 0.1) is 21.8 Å². The normalized spacial score (nSPS) is 14.9. The smallest absolute Gasteiger partial charge is 0.266 e. The molecule has 3 heterocycles. The molecule has 6 nitrogen and oxygen atoms in total. The van der Waals surface area contributed by atoms with E-state index in [4.69, 9.17) is 0 Å². The first-order chi connectivity index (χ1) is 16.1. The molecular formula is C26H27N5OS. The zero-order chi connectivity index (χ0) is 22.8. The van der Waals surface area contributed by atoms with Crippen LogP contribution in [0, 0.1) is 6.92 Å². The Hall–Kier alpha value is -3.42. The van der Waals surface area contributed by atoms with Crippen LogP contribution in [-0.4, -0.2) is 54.2 Å². The number of aryl methyl sites for hydroxylation is 1. The fraction of sp³-hybridized carbons (Fsp3) is 0.231. The lowest BCUT2D eigenvalue weighted by Crippen LogP contribution is -2.44. The Bertz CT molecular complexity index is 1310. The van der Waals surface area contributed by atoms with E-state index in [9.17, 15) is 4.79 Å². The molecule has 33 heavy (non-hydrogen) atoms. The number of H-pyrrole nitrogens is 1. The largest absolute Gasteiger partial charge is 0.369 e. The number of hydrogen-bond donors (Lipinski definition) is 2. The van der Waals surface area contributed by atoms with Crippen molar-refractivity contribution in [1.29, 1.82) is 0 Å². The van der Waals surface area contributed by atoms with E-state index in [2.05, 4.69) is 56.6 Å². The number of benzene rings is 2. The first kappa shape index (κ1) is 21.4. The summed E-state index contributed by atoms with van der Waals surface area (Å²) < 4.78 is 0. The van der Waals surface area contributed by atoms with Crippen LogP contribution >= 0.6 is 11.3 Å². The summed E-state index contributed by atoms with van der Waals surface area (Å²) in [6.07, 6.45) is 4.02. The van der Waals surface area contributed by atoms with Crippen LogP contribution in [0.2, 0.25) is 0 Å². The highest BCUT2D eigenvalue weighted by atomic mass is 32.1. The molecular weight excluding hydrogens is 430 g/mol. The Kier molecular flexibility index (Phi) is 5.98. The fourth-order valence-corrected chi connectivity index (χ4v) is 4.94. The van der Waals surface area contributed by atoms with E-state index >= 15 is 0 Å². The molecule has 1 aliphatic heterocycles. The summed E-state index contributed by atoms with van der Waals surface area (Å²) in [7, 11) is 2.15. The third-order valence-corrected chi connectivity index (χ3v) is 7.16. The Balaban J connectivity index is 1.47. The summed E-state index contributed by atoms with van der Waals surface area (Å²) in [5, 5.41) is 13.7. The van der Waals surface area contributed by atoms with Crippen molar-refractivity contribution in [3.05, 3.63) is 75.6 Å². The van der Waals surface area contributed by atoms with Crippen LogP contribution in [0.1, 0.15) is 26.5 Å². The van der Waals surface area contributed by atoms with Crippen LogP contribution in [0.25, 0.3) is 23.1 Å². The summed E-state index contributed by atoms with van der Waals surface area (Å²) in [4.78, 5) is 18.5. The molecule has 1 amide bonds. The van der Waals surface area contributed by atoms with E-state index < -0.39 is 0 Å². The van der Waals surface area contributed by atoms with Gasteiger partial charge >= 0.3 is 0 Å². The van der Waals surface area contributed by atoms with Crippen LogP contribution in [0.15, 0.2) is 53.9 Å². The Morgan fingerprint density at radius 3 is 2.70 bits per heavy atom. The summed E-state index contributed by atoms with van der Waals surface area (Å²) in [6.45, 7) is 5.98. The number of carbonyl (C=O) groups excluding carboxylic acids is 1. The summed E-state index contributed by atoms with van der Waals surface area (Å²) in [5.41, 5.74) is 5.75. The van der Waals surface area contributed by atoms with Gasteiger partial charge in [0, 0.05) is 37.3 Å². The lowest BCUT2D eigenvalue weighted by atomic mass is 10.1. The molecule has 0 bridgehead atoms. The molecule has 1 saturated heterocycles. The van der Waals surface area contributed by atoms with Gasteiger partial charge in [0.15, 0.2) is 0 Å². The fourth-order valence-electron chi connectivity index (χ4n) is 4.12. The SMILES string of the molecule is Cc1ccsc1C(=O)Nc1cc(N2CCN(C)CC2)ccc1C=Cc1n[nH]c2ccccc12. The second kappa shape index (κ2) is 9.21. The van der Waals surface area contributed by atoms with E-state index in [-0.39, 0.29) is 5.91 Å². The lowest BCUT2D eigenvalue weighted by Gasteiger charge is -2.34. The standard InChI is InChI=1S/C26H27N5OS/c1-18-11-16-33-25(18)26(32)27-24-17-20(31-14-12-30(2)13-15-31)9-7-19(24)8-10-23-21-5-3-4-6-22(21)28-29-23/h3-11,16-17H,12-15H2,1-2H3,(H,27,32)(H,28,29). The second-order valence-corrected chi connectivity index (χ2v) is 9.35. The van der Waals surface area contributed by atoms with Crippen LogP contribution < -0.4 is 10.2 Å². The van der Waals surface area contributed by atoms with Crippen LogP contribution in [-0.2, 0) is 0 Å². The average Bonchev–Trinajstić information content (AvgIpc) is 3.45. The first-order valence-electron chi connectivity index (χ1n) is 11.1. The maximum atomic E-state index is 13.0. The van der Waals surface area contributed by atoms with Gasteiger partial charge in [0.2, 0.25) is 0 Å². The number of piperazine rings is 1. The predicted molar refractivity (Wildman–Crippen MR) is 138 cm³/mol. The maximum absolute atomic E-state index is 13.0. The molecule has 1 fully saturated rings. The zero-order valence-electron chi connectivity index (χ0n) is 18.8. The van der Waals surface area contributed by atoms with E-state index in [1.54, 1.807) is 0 Å². The minimum atomic E-state index is -0.0714. The quantitative estimate of drug-likeness (QED) is 0.437. The van der Waals surface area contributed by atoms with Gasteiger partial charge in [-0.05, 0) is 60.8 Å². The summed E-state index contributed by atoms with van der Waals surface area (Å²) in [6, 6.07) is 16.4. The summed E-state index contributed by atoms with van der Waals surface area (Å²) in [5.74, 6) is -0.0714. The summed E-state index contributed by atoms with van der Waals surface area (Å²) >= 11 is 1.47. The lowest BCUT2D eigenvalue weighted by molar-refractivity contribution is 0.103. The van der Waals surface area contributed by atoms with Crippen LogP contribution in [0.4, 0.5) is 11.4 Å². The van der Waals surface area contributed by atoms with Gasteiger partial charge < -0.3 is 15.1 Å². The Morgan fingerprint density at radius 2 is 1.91 bits per heavy atom. The third kappa shape index (κ3) is 4.55. The van der Waals surface area contributed by atoms with Gasteiger partial charge in [-0.15, -0.1) is 11.3 Å². The number of rotatable bonds is 5. The van der Waals surface area contributed by atoms with Crippen molar-refractivity contribution in [2.24, 2.45) is 0 Å². The molecule has 0 unspecified atom stereocenters. The third-order valence-electron chi connectivity index (χ3n) is 6.14. The number of likely N-dealkylation sites (N-methyl/N-ethyl adjacent to an activating group) is 1. The molecule has 2 aromatic carbocycles. The van der Waals surface area contributed by atoms with Gasteiger partial charge in [0.25, 0.3) is 5.91 Å². The number of nitrogens with zero attached hydrogens (tertiary/aromatic N) is 3. The number of aromatic nitrogens is 2. The molecule has 7 heteroatoms. The number of aromatic amines is 1. The van der Waals surface area contributed by atoms with Gasteiger partial charge in [-0.2, -0.15) is 5.10 Å². The van der Waals surface area contributed by atoms with Crippen molar-refractivity contribution >= 4 is 51.7 Å². The van der Waals surface area contributed by atoms with Gasteiger partial charge in [0.1, 0.15) is 0 Å². The minimum absolute atomic E-state index is 0.0714. The van der Waals surface area contributed by atoms with Crippen molar-refractivity contribution in [3.8, 4) is 0 Å². The molecule has 4 aromatic rings. The monoisotopic (exact) mass is 457 g/mol. The van der Waals surface area contributed by atoms with Crippen LogP contribution in [0.3, 0.4) is 0 Å². The molecule has 2 aromatic heterocycles. The van der Waals surface area contributed by atoms with Crippen molar-refractivity contribution in [2.45, 2.75) is 6.92 Å². The maximum Gasteiger partial charge on any atom is 0.266 e.